The number of hydrogen-bond acceptors (Lipinski definition) is 4. The summed E-state index contributed by atoms with van der Waals surface area (Å²) in [6.07, 6.45) is 4.38. The fourth-order valence-corrected chi connectivity index (χ4v) is 4.34. The van der Waals surface area contributed by atoms with Crippen LogP contribution >= 0.6 is 11.8 Å². The topological polar surface area (TPSA) is 56.2 Å². The van der Waals surface area contributed by atoms with E-state index in [1.54, 1.807) is 11.8 Å². The zero-order valence-electron chi connectivity index (χ0n) is 11.4. The first kappa shape index (κ1) is 12.9. The quantitative estimate of drug-likeness (QED) is 0.916. The molecule has 3 rings (SSSR count). The van der Waals surface area contributed by atoms with Crippen LogP contribution in [0.1, 0.15) is 26.7 Å². The maximum Gasteiger partial charge on any atom is 0.195 e. The minimum absolute atomic E-state index is 0.250. The van der Waals surface area contributed by atoms with Gasteiger partial charge < -0.3 is 5.73 Å². The Labute approximate surface area is 117 Å². The molecule has 4 nitrogen and oxygen atoms in total. The average Bonchev–Trinajstić information content (AvgIpc) is 2.77. The SMILES string of the molecule is CC1CC(C)C(Sc2nnc3ccccn23)C(N)C1. The second kappa shape index (κ2) is 5.13. The Morgan fingerprint density at radius 2 is 2.11 bits per heavy atom. The molecule has 2 heterocycles. The van der Waals surface area contributed by atoms with E-state index in [-0.39, 0.29) is 6.04 Å². The predicted octanol–water partition coefficient (Wildman–Crippen LogP) is 2.58. The Bertz CT molecular complexity index is 555. The molecule has 2 aromatic rings. The molecule has 0 radical (unpaired) electrons. The highest BCUT2D eigenvalue weighted by atomic mass is 32.2. The van der Waals surface area contributed by atoms with Gasteiger partial charge in [-0.25, -0.2) is 0 Å². The Kier molecular flexibility index (Phi) is 3.50. The zero-order chi connectivity index (χ0) is 13.4. The number of nitrogens with zero attached hydrogens (tertiary/aromatic N) is 3. The smallest absolute Gasteiger partial charge is 0.195 e. The summed E-state index contributed by atoms with van der Waals surface area (Å²) in [5, 5.41) is 9.89. The number of thioether (sulfide) groups is 1. The van der Waals surface area contributed by atoms with Gasteiger partial charge in [0, 0.05) is 17.5 Å². The molecule has 5 heteroatoms. The lowest BCUT2D eigenvalue weighted by Gasteiger charge is -2.36. The van der Waals surface area contributed by atoms with E-state index in [0.717, 1.165) is 23.1 Å². The van der Waals surface area contributed by atoms with Crippen molar-refractivity contribution in [1.82, 2.24) is 14.6 Å². The van der Waals surface area contributed by atoms with E-state index in [0.29, 0.717) is 11.2 Å². The minimum atomic E-state index is 0.250. The average molecular weight is 276 g/mol. The van der Waals surface area contributed by atoms with Crippen LogP contribution < -0.4 is 5.73 Å². The van der Waals surface area contributed by atoms with Crippen molar-refractivity contribution in [3.8, 4) is 0 Å². The summed E-state index contributed by atoms with van der Waals surface area (Å²) in [4.78, 5) is 0. The van der Waals surface area contributed by atoms with E-state index in [1.165, 1.54) is 6.42 Å². The van der Waals surface area contributed by atoms with Crippen molar-refractivity contribution >= 4 is 17.4 Å². The van der Waals surface area contributed by atoms with Gasteiger partial charge in [0.2, 0.25) is 0 Å². The minimum Gasteiger partial charge on any atom is -0.327 e. The van der Waals surface area contributed by atoms with Gasteiger partial charge in [-0.05, 0) is 36.8 Å². The molecule has 4 atom stereocenters. The van der Waals surface area contributed by atoms with Gasteiger partial charge in [-0.15, -0.1) is 10.2 Å². The van der Waals surface area contributed by atoms with E-state index < -0.39 is 0 Å². The third kappa shape index (κ3) is 2.49. The summed E-state index contributed by atoms with van der Waals surface area (Å²) in [6, 6.07) is 6.21. The molecule has 0 spiro atoms. The molecule has 0 aliphatic heterocycles. The van der Waals surface area contributed by atoms with Crippen molar-refractivity contribution in [3.63, 3.8) is 0 Å². The molecule has 1 aliphatic rings. The lowest BCUT2D eigenvalue weighted by molar-refractivity contribution is 0.279. The molecule has 2 aromatic heterocycles. The molecule has 19 heavy (non-hydrogen) atoms. The number of fused-ring (bicyclic) bond motifs is 1. The predicted molar refractivity (Wildman–Crippen MR) is 78.2 cm³/mol. The van der Waals surface area contributed by atoms with Crippen molar-refractivity contribution in [2.45, 2.75) is 43.1 Å². The van der Waals surface area contributed by atoms with Crippen LogP contribution in [0.3, 0.4) is 0 Å². The number of nitrogens with two attached hydrogens (primary N) is 1. The highest BCUT2D eigenvalue weighted by molar-refractivity contribution is 7.99. The molecule has 2 N–H and O–H groups in total. The normalized spacial score (nSPS) is 31.7. The molecule has 0 saturated heterocycles. The first-order valence-corrected chi connectivity index (χ1v) is 7.75. The van der Waals surface area contributed by atoms with Crippen molar-refractivity contribution in [2.75, 3.05) is 0 Å². The molecule has 0 aromatic carbocycles. The second-order valence-electron chi connectivity index (χ2n) is 5.71. The monoisotopic (exact) mass is 276 g/mol. The van der Waals surface area contributed by atoms with Crippen molar-refractivity contribution in [2.24, 2.45) is 17.6 Å². The van der Waals surface area contributed by atoms with Gasteiger partial charge in [0.1, 0.15) is 0 Å². The van der Waals surface area contributed by atoms with Crippen LogP contribution in [0.15, 0.2) is 29.6 Å². The molecule has 1 fully saturated rings. The highest BCUT2D eigenvalue weighted by Gasteiger charge is 2.33. The summed E-state index contributed by atoms with van der Waals surface area (Å²) in [6.45, 7) is 4.60. The maximum atomic E-state index is 6.34. The number of hydrogen-bond donors (Lipinski definition) is 1. The third-order valence-corrected chi connectivity index (χ3v) is 5.53. The van der Waals surface area contributed by atoms with E-state index in [4.69, 9.17) is 5.73 Å². The molecule has 1 aliphatic carbocycles. The van der Waals surface area contributed by atoms with Crippen LogP contribution in [0.4, 0.5) is 0 Å². The van der Waals surface area contributed by atoms with Gasteiger partial charge in [0.15, 0.2) is 10.8 Å². The molecule has 1 saturated carbocycles. The summed E-state index contributed by atoms with van der Waals surface area (Å²) < 4.78 is 2.04. The molecule has 0 amide bonds. The fourth-order valence-electron chi connectivity index (χ4n) is 3.11. The Hall–Kier alpha value is -1.07. The van der Waals surface area contributed by atoms with Crippen LogP contribution in [0.25, 0.3) is 5.65 Å². The van der Waals surface area contributed by atoms with Crippen LogP contribution in [0.2, 0.25) is 0 Å². The van der Waals surface area contributed by atoms with E-state index in [1.807, 2.05) is 28.8 Å². The second-order valence-corrected chi connectivity index (χ2v) is 6.86. The Morgan fingerprint density at radius 1 is 1.26 bits per heavy atom. The number of rotatable bonds is 2. The molecule has 102 valence electrons. The fraction of sp³-hybridized carbons (Fsp3) is 0.571. The van der Waals surface area contributed by atoms with Crippen molar-refractivity contribution in [3.05, 3.63) is 24.4 Å². The third-order valence-electron chi connectivity index (χ3n) is 3.96. The van der Waals surface area contributed by atoms with Gasteiger partial charge in [0.25, 0.3) is 0 Å². The lowest BCUT2D eigenvalue weighted by Crippen LogP contribution is -2.43. The first-order valence-electron chi connectivity index (χ1n) is 6.87. The van der Waals surface area contributed by atoms with Crippen LogP contribution in [-0.2, 0) is 0 Å². The maximum absolute atomic E-state index is 6.34. The van der Waals surface area contributed by atoms with Crippen molar-refractivity contribution < 1.29 is 0 Å². The van der Waals surface area contributed by atoms with Crippen LogP contribution in [0, 0.1) is 11.8 Å². The Balaban J connectivity index is 1.84. The van der Waals surface area contributed by atoms with Crippen LogP contribution in [0.5, 0.6) is 0 Å². The summed E-state index contributed by atoms with van der Waals surface area (Å²) in [5.74, 6) is 1.36. The van der Waals surface area contributed by atoms with E-state index in [9.17, 15) is 0 Å². The molecular formula is C14H20N4S. The lowest BCUT2D eigenvalue weighted by atomic mass is 9.80. The summed E-state index contributed by atoms with van der Waals surface area (Å²) in [5.41, 5.74) is 7.24. The zero-order valence-corrected chi connectivity index (χ0v) is 12.2. The molecule has 0 bridgehead atoms. The van der Waals surface area contributed by atoms with E-state index >= 15 is 0 Å². The summed E-state index contributed by atoms with van der Waals surface area (Å²) in [7, 11) is 0. The van der Waals surface area contributed by atoms with Gasteiger partial charge >= 0.3 is 0 Å². The number of aromatic nitrogens is 3. The van der Waals surface area contributed by atoms with Gasteiger partial charge in [0.05, 0.1) is 0 Å². The largest absolute Gasteiger partial charge is 0.327 e. The van der Waals surface area contributed by atoms with Gasteiger partial charge in [-0.3, -0.25) is 4.40 Å². The molecule has 4 unspecified atom stereocenters. The van der Waals surface area contributed by atoms with Crippen LogP contribution in [-0.4, -0.2) is 25.9 Å². The number of pyridine rings is 1. The standard InChI is InChI=1S/C14H20N4S/c1-9-7-10(2)13(11(15)8-9)19-14-17-16-12-5-3-4-6-18(12)14/h3-6,9-11,13H,7-8,15H2,1-2H3. The van der Waals surface area contributed by atoms with E-state index in [2.05, 4.69) is 24.0 Å². The molecular weight excluding hydrogens is 256 g/mol. The van der Waals surface area contributed by atoms with Gasteiger partial charge in [-0.1, -0.05) is 31.7 Å². The Morgan fingerprint density at radius 3 is 2.89 bits per heavy atom. The van der Waals surface area contributed by atoms with Gasteiger partial charge in [-0.2, -0.15) is 0 Å². The van der Waals surface area contributed by atoms with Crippen molar-refractivity contribution in [1.29, 1.82) is 0 Å². The first-order chi connectivity index (χ1) is 9.15. The highest BCUT2D eigenvalue weighted by Crippen LogP contribution is 2.38. The summed E-state index contributed by atoms with van der Waals surface area (Å²) >= 11 is 1.78.